The number of halogens is 2. The number of thiophene rings is 1. The molecule has 2 rings (SSSR count). The molecule has 0 fully saturated rings. The summed E-state index contributed by atoms with van der Waals surface area (Å²) >= 11 is 4.52. The second-order valence-corrected chi connectivity index (χ2v) is 5.36. The fraction of sp³-hybridized carbons (Fsp3) is 0.154. The van der Waals surface area contributed by atoms with Crippen molar-refractivity contribution in [2.75, 3.05) is 0 Å². The molecule has 1 aromatic carbocycles. The summed E-state index contributed by atoms with van der Waals surface area (Å²) in [6.07, 6.45) is 0.826. The van der Waals surface area contributed by atoms with Crippen molar-refractivity contribution in [3.8, 4) is 0 Å². The Morgan fingerprint density at radius 3 is 2.82 bits per heavy atom. The third-order valence-electron chi connectivity index (χ3n) is 2.52. The molecule has 88 valence electrons. The van der Waals surface area contributed by atoms with Gasteiger partial charge in [0.15, 0.2) is 0 Å². The quantitative estimate of drug-likeness (QED) is 0.766. The highest BCUT2D eigenvalue weighted by atomic mass is 79.9. The Morgan fingerprint density at radius 2 is 2.18 bits per heavy atom. The molecule has 0 aliphatic rings. The average Bonchev–Trinajstić information content (AvgIpc) is 2.80. The zero-order valence-electron chi connectivity index (χ0n) is 9.17. The van der Waals surface area contributed by atoms with E-state index in [0.717, 1.165) is 16.9 Å². The van der Waals surface area contributed by atoms with Crippen molar-refractivity contribution in [2.45, 2.75) is 13.3 Å². The standard InChI is InChI=1S/C13H10BrFOS/c1-2-8-5-6-17-13(8)12(16)9-3-4-11(15)10(14)7-9/h3-7H,2H2,1H3. The van der Waals surface area contributed by atoms with Crippen LogP contribution in [0.5, 0.6) is 0 Å². The Balaban J connectivity index is 2.40. The van der Waals surface area contributed by atoms with Gasteiger partial charge >= 0.3 is 0 Å². The molecule has 0 saturated carbocycles. The first-order valence-corrected chi connectivity index (χ1v) is 6.87. The Labute approximate surface area is 111 Å². The zero-order valence-corrected chi connectivity index (χ0v) is 11.6. The minimum absolute atomic E-state index is 0.0439. The van der Waals surface area contributed by atoms with Gasteiger partial charge in [-0.25, -0.2) is 4.39 Å². The number of carbonyl (C=O) groups is 1. The van der Waals surface area contributed by atoms with Crippen LogP contribution in [0.25, 0.3) is 0 Å². The van der Waals surface area contributed by atoms with Crippen LogP contribution < -0.4 is 0 Å². The normalized spacial score (nSPS) is 10.5. The predicted molar refractivity (Wildman–Crippen MR) is 71.2 cm³/mol. The fourth-order valence-electron chi connectivity index (χ4n) is 1.58. The molecule has 0 spiro atoms. The molecular formula is C13H10BrFOS. The van der Waals surface area contributed by atoms with Gasteiger partial charge in [-0.05, 0) is 57.6 Å². The highest BCUT2D eigenvalue weighted by molar-refractivity contribution is 9.10. The first-order chi connectivity index (χ1) is 8.13. The lowest BCUT2D eigenvalue weighted by Gasteiger charge is -2.02. The van der Waals surface area contributed by atoms with Crippen molar-refractivity contribution < 1.29 is 9.18 Å². The van der Waals surface area contributed by atoms with Gasteiger partial charge in [0.2, 0.25) is 5.78 Å². The van der Waals surface area contributed by atoms with Crippen LogP contribution in [-0.4, -0.2) is 5.78 Å². The van der Waals surface area contributed by atoms with Gasteiger partial charge in [0.25, 0.3) is 0 Å². The van der Waals surface area contributed by atoms with E-state index in [4.69, 9.17) is 0 Å². The van der Waals surface area contributed by atoms with Gasteiger partial charge < -0.3 is 0 Å². The van der Waals surface area contributed by atoms with Crippen LogP contribution in [0.1, 0.15) is 27.7 Å². The van der Waals surface area contributed by atoms with Crippen molar-refractivity contribution >= 4 is 33.0 Å². The van der Waals surface area contributed by atoms with Crippen LogP contribution in [0.3, 0.4) is 0 Å². The van der Waals surface area contributed by atoms with Gasteiger partial charge in [-0.3, -0.25) is 4.79 Å². The van der Waals surface area contributed by atoms with Crippen molar-refractivity contribution in [2.24, 2.45) is 0 Å². The largest absolute Gasteiger partial charge is 0.288 e. The van der Waals surface area contributed by atoms with Gasteiger partial charge in [0.1, 0.15) is 5.82 Å². The first-order valence-electron chi connectivity index (χ1n) is 5.19. The molecule has 0 saturated heterocycles. The second-order valence-electron chi connectivity index (χ2n) is 3.59. The van der Waals surface area contributed by atoms with Gasteiger partial charge in [0.05, 0.1) is 9.35 Å². The topological polar surface area (TPSA) is 17.1 Å². The van der Waals surface area contributed by atoms with E-state index in [1.165, 1.54) is 29.5 Å². The molecule has 0 atom stereocenters. The van der Waals surface area contributed by atoms with E-state index in [2.05, 4.69) is 15.9 Å². The molecule has 0 aliphatic carbocycles. The molecule has 17 heavy (non-hydrogen) atoms. The van der Waals surface area contributed by atoms with Crippen LogP contribution in [0.15, 0.2) is 34.1 Å². The van der Waals surface area contributed by atoms with E-state index < -0.39 is 0 Å². The molecule has 0 unspecified atom stereocenters. The van der Waals surface area contributed by atoms with Crippen LogP contribution in [-0.2, 0) is 6.42 Å². The monoisotopic (exact) mass is 312 g/mol. The Bertz CT molecular complexity index is 562. The summed E-state index contributed by atoms with van der Waals surface area (Å²) < 4.78 is 13.4. The molecule has 4 heteroatoms. The first kappa shape index (κ1) is 12.5. The Morgan fingerprint density at radius 1 is 1.41 bits per heavy atom. The Hall–Kier alpha value is -1.00. The van der Waals surface area contributed by atoms with E-state index in [1.807, 2.05) is 18.4 Å². The lowest BCUT2D eigenvalue weighted by atomic mass is 10.1. The highest BCUT2D eigenvalue weighted by Crippen LogP contribution is 2.24. The van der Waals surface area contributed by atoms with Crippen LogP contribution in [0.2, 0.25) is 0 Å². The number of benzene rings is 1. The SMILES string of the molecule is CCc1ccsc1C(=O)c1ccc(F)c(Br)c1. The number of ketones is 1. The number of hydrogen-bond donors (Lipinski definition) is 0. The molecule has 0 amide bonds. The number of carbonyl (C=O) groups excluding carboxylic acids is 1. The minimum Gasteiger partial charge on any atom is -0.288 e. The van der Waals surface area contributed by atoms with Crippen molar-refractivity contribution in [1.82, 2.24) is 0 Å². The summed E-state index contributed by atoms with van der Waals surface area (Å²) in [5.74, 6) is -0.402. The van der Waals surface area contributed by atoms with Crippen LogP contribution >= 0.6 is 27.3 Å². The molecule has 1 heterocycles. The highest BCUT2D eigenvalue weighted by Gasteiger charge is 2.15. The maximum atomic E-state index is 13.1. The summed E-state index contributed by atoms with van der Waals surface area (Å²) in [6, 6.07) is 6.30. The fourth-order valence-corrected chi connectivity index (χ4v) is 2.92. The Kier molecular flexibility index (Phi) is 3.74. The molecule has 0 bridgehead atoms. The minimum atomic E-state index is -0.358. The number of aryl methyl sites for hydroxylation is 1. The molecule has 0 radical (unpaired) electrons. The maximum absolute atomic E-state index is 13.1. The van der Waals surface area contributed by atoms with Crippen molar-refractivity contribution in [3.63, 3.8) is 0 Å². The molecule has 0 aliphatic heterocycles. The smallest absolute Gasteiger partial charge is 0.203 e. The molecule has 1 nitrogen and oxygen atoms in total. The molecule has 0 N–H and O–H groups in total. The van der Waals surface area contributed by atoms with E-state index >= 15 is 0 Å². The van der Waals surface area contributed by atoms with E-state index in [9.17, 15) is 9.18 Å². The summed E-state index contributed by atoms with van der Waals surface area (Å²) in [5, 5.41) is 1.91. The van der Waals surface area contributed by atoms with Gasteiger partial charge in [0, 0.05) is 5.56 Å². The molecule has 1 aromatic heterocycles. The van der Waals surface area contributed by atoms with E-state index in [1.54, 1.807) is 0 Å². The van der Waals surface area contributed by atoms with Gasteiger partial charge in [-0.2, -0.15) is 0 Å². The second kappa shape index (κ2) is 5.10. The summed E-state index contributed by atoms with van der Waals surface area (Å²) in [7, 11) is 0. The van der Waals surface area contributed by atoms with E-state index in [0.29, 0.717) is 10.0 Å². The number of rotatable bonds is 3. The third kappa shape index (κ3) is 2.48. The summed E-state index contributed by atoms with van der Waals surface area (Å²) in [5.41, 5.74) is 1.55. The zero-order chi connectivity index (χ0) is 12.4. The summed E-state index contributed by atoms with van der Waals surface area (Å²) in [4.78, 5) is 13.0. The van der Waals surface area contributed by atoms with E-state index in [-0.39, 0.29) is 11.6 Å². The van der Waals surface area contributed by atoms with Gasteiger partial charge in [-0.15, -0.1) is 11.3 Å². The number of hydrogen-bond acceptors (Lipinski definition) is 2. The lowest BCUT2D eigenvalue weighted by Crippen LogP contribution is -2.02. The summed E-state index contributed by atoms with van der Waals surface area (Å²) in [6.45, 7) is 2.01. The van der Waals surface area contributed by atoms with Crippen molar-refractivity contribution in [1.29, 1.82) is 0 Å². The van der Waals surface area contributed by atoms with Gasteiger partial charge in [-0.1, -0.05) is 6.92 Å². The molecular weight excluding hydrogens is 303 g/mol. The van der Waals surface area contributed by atoms with Crippen LogP contribution in [0.4, 0.5) is 4.39 Å². The van der Waals surface area contributed by atoms with Crippen LogP contribution in [0, 0.1) is 5.82 Å². The lowest BCUT2D eigenvalue weighted by molar-refractivity contribution is 0.104. The molecule has 2 aromatic rings. The average molecular weight is 313 g/mol. The predicted octanol–water partition coefficient (Wildman–Crippen LogP) is 4.44. The maximum Gasteiger partial charge on any atom is 0.203 e. The third-order valence-corrected chi connectivity index (χ3v) is 4.08. The van der Waals surface area contributed by atoms with Crippen molar-refractivity contribution in [3.05, 3.63) is 55.9 Å².